The van der Waals surface area contributed by atoms with E-state index in [0.29, 0.717) is 19.0 Å². The molecule has 0 saturated heterocycles. The van der Waals surface area contributed by atoms with Gasteiger partial charge in [-0.25, -0.2) is 4.39 Å². The molecule has 0 fully saturated rings. The Balaban J connectivity index is 0.00000392. The Morgan fingerprint density at radius 2 is 1.93 bits per heavy atom. The summed E-state index contributed by atoms with van der Waals surface area (Å²) < 4.78 is 19.2. The summed E-state index contributed by atoms with van der Waals surface area (Å²) in [4.78, 5) is 15.3. The van der Waals surface area contributed by atoms with Crippen LogP contribution in [0, 0.1) is 5.82 Å². The smallest absolute Gasteiger partial charge is 0.221 e. The van der Waals surface area contributed by atoms with E-state index >= 15 is 0 Å². The zero-order valence-electron chi connectivity index (χ0n) is 16.2. The summed E-state index contributed by atoms with van der Waals surface area (Å²) in [7, 11) is 1.67. The minimum atomic E-state index is -0.383. The summed E-state index contributed by atoms with van der Waals surface area (Å²) in [6.45, 7) is 4.32. The number of hydrogen-bond acceptors (Lipinski definition) is 3. The van der Waals surface area contributed by atoms with Crippen LogP contribution in [0.2, 0.25) is 0 Å². The van der Waals surface area contributed by atoms with E-state index in [0.717, 1.165) is 11.3 Å². The van der Waals surface area contributed by atoms with Crippen molar-refractivity contribution in [3.05, 3.63) is 59.9 Å². The molecule has 0 aromatic heterocycles. The van der Waals surface area contributed by atoms with Gasteiger partial charge in [0.2, 0.25) is 5.91 Å². The number of rotatable bonds is 7. The molecule has 6 nitrogen and oxygen atoms in total. The van der Waals surface area contributed by atoms with E-state index in [1.807, 2.05) is 31.2 Å². The number of para-hydroxylation sites is 1. The van der Waals surface area contributed by atoms with Crippen LogP contribution in [-0.4, -0.2) is 31.6 Å². The number of carbonyl (C=O) groups excluding carboxylic acids is 1. The molecular formula is C20H26FIN4O2. The molecule has 0 spiro atoms. The average molecular weight is 500 g/mol. The minimum absolute atomic E-state index is 0. The Kier molecular flexibility index (Phi) is 10.3. The molecule has 1 atom stereocenters. The van der Waals surface area contributed by atoms with E-state index in [2.05, 4.69) is 20.9 Å². The van der Waals surface area contributed by atoms with Gasteiger partial charge in [0.25, 0.3) is 0 Å². The zero-order valence-corrected chi connectivity index (χ0v) is 18.5. The lowest BCUT2D eigenvalue weighted by atomic mass is 10.2. The Morgan fingerprint density at radius 1 is 1.18 bits per heavy atom. The van der Waals surface area contributed by atoms with Gasteiger partial charge in [-0.1, -0.05) is 24.3 Å². The summed E-state index contributed by atoms with van der Waals surface area (Å²) >= 11 is 0. The molecule has 28 heavy (non-hydrogen) atoms. The molecule has 0 aliphatic rings. The van der Waals surface area contributed by atoms with Crippen molar-refractivity contribution < 1.29 is 13.9 Å². The van der Waals surface area contributed by atoms with Crippen molar-refractivity contribution in [2.75, 3.05) is 18.9 Å². The summed E-state index contributed by atoms with van der Waals surface area (Å²) in [5.74, 6) is 0.334. The maximum Gasteiger partial charge on any atom is 0.221 e. The number of nitrogens with zero attached hydrogens (tertiary/aromatic N) is 1. The number of amides is 1. The normalized spacial score (nSPS) is 11.8. The lowest BCUT2D eigenvalue weighted by Gasteiger charge is -2.18. The number of guanidine groups is 1. The van der Waals surface area contributed by atoms with Crippen LogP contribution in [-0.2, 0) is 11.3 Å². The zero-order chi connectivity index (χ0) is 19.6. The monoisotopic (exact) mass is 500 g/mol. The first-order valence-corrected chi connectivity index (χ1v) is 8.70. The van der Waals surface area contributed by atoms with Crippen LogP contribution in [0.5, 0.6) is 5.75 Å². The second-order valence-corrected chi connectivity index (χ2v) is 6.05. The lowest BCUT2D eigenvalue weighted by Crippen LogP contribution is -2.41. The molecular weight excluding hydrogens is 474 g/mol. The van der Waals surface area contributed by atoms with Crippen LogP contribution >= 0.6 is 24.0 Å². The number of halogens is 2. The molecule has 0 saturated carbocycles. The van der Waals surface area contributed by atoms with Crippen molar-refractivity contribution in [1.29, 1.82) is 0 Å². The molecule has 3 N–H and O–H groups in total. The lowest BCUT2D eigenvalue weighted by molar-refractivity contribution is -0.114. The SMILES string of the molecule is CN=C(NCc1cccc(NC(C)=O)c1)NCC(C)Oc1ccccc1F.I. The molecule has 0 radical (unpaired) electrons. The summed E-state index contributed by atoms with van der Waals surface area (Å²) in [6, 6.07) is 13.9. The van der Waals surface area contributed by atoms with Gasteiger partial charge in [0, 0.05) is 26.2 Å². The molecule has 2 rings (SSSR count). The van der Waals surface area contributed by atoms with Gasteiger partial charge in [-0.15, -0.1) is 24.0 Å². The molecule has 1 amide bonds. The van der Waals surface area contributed by atoms with Crippen molar-refractivity contribution in [3.8, 4) is 5.75 Å². The maximum atomic E-state index is 13.6. The number of nitrogens with one attached hydrogen (secondary N) is 3. The van der Waals surface area contributed by atoms with Crippen LogP contribution < -0.4 is 20.7 Å². The first kappa shape index (κ1) is 23.7. The van der Waals surface area contributed by atoms with E-state index < -0.39 is 0 Å². The van der Waals surface area contributed by atoms with Crippen LogP contribution in [0.4, 0.5) is 10.1 Å². The highest BCUT2D eigenvalue weighted by atomic mass is 127. The van der Waals surface area contributed by atoms with Gasteiger partial charge in [-0.2, -0.15) is 0 Å². The van der Waals surface area contributed by atoms with Crippen molar-refractivity contribution >= 4 is 41.5 Å². The first-order valence-electron chi connectivity index (χ1n) is 8.70. The molecule has 0 aliphatic heterocycles. The number of aliphatic imine (C=N–C) groups is 1. The van der Waals surface area contributed by atoms with Crippen LogP contribution in [0.3, 0.4) is 0 Å². The van der Waals surface area contributed by atoms with Gasteiger partial charge >= 0.3 is 0 Å². The number of carbonyl (C=O) groups is 1. The fraction of sp³-hybridized carbons (Fsp3) is 0.300. The third-order valence-corrected chi connectivity index (χ3v) is 3.65. The summed E-state index contributed by atoms with van der Waals surface area (Å²) in [6.07, 6.45) is -0.247. The van der Waals surface area contributed by atoms with Crippen molar-refractivity contribution in [2.24, 2.45) is 4.99 Å². The van der Waals surface area contributed by atoms with Crippen LogP contribution in [0.1, 0.15) is 19.4 Å². The van der Waals surface area contributed by atoms with Crippen LogP contribution in [0.25, 0.3) is 0 Å². The Labute approximate surface area is 182 Å². The summed E-state index contributed by atoms with van der Waals surface area (Å²) in [5.41, 5.74) is 1.75. The molecule has 0 bridgehead atoms. The van der Waals surface area contributed by atoms with Crippen molar-refractivity contribution in [1.82, 2.24) is 10.6 Å². The molecule has 0 aliphatic carbocycles. The van der Waals surface area contributed by atoms with E-state index in [1.54, 1.807) is 25.2 Å². The van der Waals surface area contributed by atoms with Crippen molar-refractivity contribution in [3.63, 3.8) is 0 Å². The minimum Gasteiger partial charge on any atom is -0.486 e. The first-order chi connectivity index (χ1) is 13.0. The molecule has 0 heterocycles. The third kappa shape index (κ3) is 8.12. The van der Waals surface area contributed by atoms with Gasteiger partial charge in [0.15, 0.2) is 17.5 Å². The molecule has 2 aromatic rings. The number of ether oxygens (including phenoxy) is 1. The predicted octanol–water partition coefficient (Wildman–Crippen LogP) is 3.53. The topological polar surface area (TPSA) is 74.8 Å². The van der Waals surface area contributed by atoms with E-state index in [9.17, 15) is 9.18 Å². The molecule has 8 heteroatoms. The van der Waals surface area contributed by atoms with E-state index in [4.69, 9.17) is 4.74 Å². The van der Waals surface area contributed by atoms with Gasteiger partial charge < -0.3 is 20.7 Å². The second-order valence-electron chi connectivity index (χ2n) is 6.05. The average Bonchev–Trinajstić information content (AvgIpc) is 2.63. The number of benzene rings is 2. The fourth-order valence-corrected chi connectivity index (χ4v) is 2.41. The highest BCUT2D eigenvalue weighted by Gasteiger charge is 2.09. The quantitative estimate of drug-likeness (QED) is 0.309. The van der Waals surface area contributed by atoms with Gasteiger partial charge in [0.05, 0.1) is 6.54 Å². The fourth-order valence-electron chi connectivity index (χ4n) is 2.41. The highest BCUT2D eigenvalue weighted by Crippen LogP contribution is 2.16. The number of anilines is 1. The maximum absolute atomic E-state index is 13.6. The van der Waals surface area contributed by atoms with Crippen molar-refractivity contribution in [2.45, 2.75) is 26.5 Å². The second kappa shape index (κ2) is 12.2. The number of hydrogen-bond donors (Lipinski definition) is 3. The highest BCUT2D eigenvalue weighted by molar-refractivity contribution is 14.0. The van der Waals surface area contributed by atoms with Gasteiger partial charge in [0.1, 0.15) is 6.10 Å². The van der Waals surface area contributed by atoms with Gasteiger partial charge in [-0.3, -0.25) is 9.79 Å². The Hall–Kier alpha value is -2.36. The van der Waals surface area contributed by atoms with Crippen LogP contribution in [0.15, 0.2) is 53.5 Å². The Morgan fingerprint density at radius 3 is 2.61 bits per heavy atom. The Bertz CT molecular complexity index is 801. The van der Waals surface area contributed by atoms with E-state index in [1.165, 1.54) is 13.0 Å². The van der Waals surface area contributed by atoms with E-state index in [-0.39, 0.29) is 47.6 Å². The summed E-state index contributed by atoms with van der Waals surface area (Å²) in [5, 5.41) is 9.10. The molecule has 1 unspecified atom stereocenters. The third-order valence-electron chi connectivity index (χ3n) is 3.65. The molecule has 2 aromatic carbocycles. The predicted molar refractivity (Wildman–Crippen MR) is 121 cm³/mol. The largest absolute Gasteiger partial charge is 0.486 e. The van der Waals surface area contributed by atoms with Gasteiger partial charge in [-0.05, 0) is 36.8 Å². The standard InChI is InChI=1S/C20H25FN4O2.HI/c1-14(27-19-10-5-4-9-18(19)21)12-23-20(22-3)24-13-16-7-6-8-17(11-16)25-15(2)26;/h4-11,14H,12-13H2,1-3H3,(H,25,26)(H2,22,23,24);1H. The molecule has 152 valence electrons.